The van der Waals surface area contributed by atoms with Gasteiger partial charge in [-0.25, -0.2) is 8.42 Å². The normalized spacial score (nSPS) is 16.1. The molecule has 2 amide bonds. The number of carbonyl (C=O) groups excluding carboxylic acids is 2. The van der Waals surface area contributed by atoms with Crippen LogP contribution in [0.2, 0.25) is 5.02 Å². The van der Waals surface area contributed by atoms with Crippen molar-refractivity contribution in [3.05, 3.63) is 65.2 Å². The molecule has 1 saturated heterocycles. The molecule has 2 aromatic carbocycles. The number of benzene rings is 2. The molecule has 0 radical (unpaired) electrons. The number of methoxy groups -OCH3 is 1. The van der Waals surface area contributed by atoms with Gasteiger partial charge >= 0.3 is 0 Å². The first kappa shape index (κ1) is 26.2. The molecule has 10 heteroatoms. The van der Waals surface area contributed by atoms with Crippen molar-refractivity contribution < 1.29 is 22.7 Å². The molecule has 0 aliphatic carbocycles. The highest BCUT2D eigenvalue weighted by Gasteiger charge is 2.36. The fraction of sp³-hybridized carbons (Fsp3) is 0.417. The van der Waals surface area contributed by atoms with Gasteiger partial charge in [-0.05, 0) is 61.6 Å². The minimum absolute atomic E-state index is 0.181. The largest absolute Gasteiger partial charge is 0.385 e. The van der Waals surface area contributed by atoms with Gasteiger partial charge in [-0.15, -0.1) is 0 Å². The van der Waals surface area contributed by atoms with Crippen LogP contribution < -0.4 is 10.6 Å². The van der Waals surface area contributed by atoms with Gasteiger partial charge in [-0.3, -0.25) is 9.59 Å². The summed E-state index contributed by atoms with van der Waals surface area (Å²) in [5.41, 5.74) is 0.461. The summed E-state index contributed by atoms with van der Waals surface area (Å²) in [7, 11) is -2.07. The van der Waals surface area contributed by atoms with Crippen molar-refractivity contribution in [3.8, 4) is 0 Å². The van der Waals surface area contributed by atoms with E-state index in [-0.39, 0.29) is 35.7 Å². The number of piperidine rings is 1. The number of hydrogen-bond donors (Lipinski definition) is 2. The maximum absolute atomic E-state index is 13.0. The number of nitrogens with zero attached hydrogens (tertiary/aromatic N) is 1. The molecular weight excluding hydrogens is 478 g/mol. The summed E-state index contributed by atoms with van der Waals surface area (Å²) < 4.78 is 32.4. The minimum atomic E-state index is -3.66. The van der Waals surface area contributed by atoms with Crippen LogP contribution in [0.5, 0.6) is 0 Å². The Morgan fingerprint density at radius 1 is 1.09 bits per heavy atom. The van der Waals surface area contributed by atoms with Crippen molar-refractivity contribution >= 4 is 33.4 Å². The van der Waals surface area contributed by atoms with Crippen LogP contribution in [0.15, 0.2) is 59.5 Å². The van der Waals surface area contributed by atoms with Crippen LogP contribution in [0.3, 0.4) is 0 Å². The van der Waals surface area contributed by atoms with Crippen molar-refractivity contribution in [2.24, 2.45) is 5.92 Å². The average Bonchev–Trinajstić information content (AvgIpc) is 2.86. The van der Waals surface area contributed by atoms with Gasteiger partial charge in [-0.1, -0.05) is 29.8 Å². The summed E-state index contributed by atoms with van der Waals surface area (Å²) in [5.74, 6) is -0.819. The lowest BCUT2D eigenvalue weighted by Gasteiger charge is -2.35. The SMILES string of the molecule is COCCCNC(=O)[C@H](NC(=O)c1ccccc1)C1CCN(S(=O)(=O)c2ccc(Cl)cc2)CC1. The summed E-state index contributed by atoms with van der Waals surface area (Å²) in [6, 6.07) is 14.0. The molecule has 0 spiro atoms. The van der Waals surface area contributed by atoms with E-state index in [1.807, 2.05) is 6.07 Å². The molecule has 34 heavy (non-hydrogen) atoms. The second kappa shape index (κ2) is 12.3. The Hall–Kier alpha value is -2.46. The standard InChI is InChI=1S/C24H30ClN3O5S/c1-33-17-5-14-26-24(30)22(27-23(29)19-6-3-2-4-7-19)18-12-15-28(16-13-18)34(31,32)21-10-8-20(25)9-11-21/h2-4,6-11,18,22H,5,12-17H2,1H3,(H,26,30)(H,27,29)/t22-/m1/s1. The molecule has 2 aromatic rings. The Labute approximate surface area is 205 Å². The number of hydrogen-bond acceptors (Lipinski definition) is 5. The number of amides is 2. The molecule has 184 valence electrons. The quantitative estimate of drug-likeness (QED) is 0.481. The molecule has 0 bridgehead atoms. The van der Waals surface area contributed by atoms with Gasteiger partial charge in [0.15, 0.2) is 0 Å². The maximum Gasteiger partial charge on any atom is 0.251 e. The van der Waals surface area contributed by atoms with Gasteiger partial charge < -0.3 is 15.4 Å². The van der Waals surface area contributed by atoms with Gasteiger partial charge in [-0.2, -0.15) is 4.31 Å². The molecule has 0 saturated carbocycles. The average molecular weight is 508 g/mol. The van der Waals surface area contributed by atoms with Gasteiger partial charge in [0.25, 0.3) is 5.91 Å². The van der Waals surface area contributed by atoms with E-state index in [1.165, 1.54) is 16.4 Å². The van der Waals surface area contributed by atoms with E-state index in [4.69, 9.17) is 16.3 Å². The van der Waals surface area contributed by atoms with Gasteiger partial charge in [0.2, 0.25) is 15.9 Å². The molecule has 2 N–H and O–H groups in total. The summed E-state index contributed by atoms with van der Waals surface area (Å²) >= 11 is 5.88. The van der Waals surface area contributed by atoms with Crippen molar-refractivity contribution in [2.45, 2.75) is 30.2 Å². The Bertz CT molecular complexity index is 1060. The number of nitrogens with one attached hydrogen (secondary N) is 2. The van der Waals surface area contributed by atoms with Crippen molar-refractivity contribution in [1.82, 2.24) is 14.9 Å². The second-order valence-corrected chi connectivity index (χ2v) is 10.5. The molecule has 1 atom stereocenters. The summed E-state index contributed by atoms with van der Waals surface area (Å²) in [6.07, 6.45) is 1.54. The Morgan fingerprint density at radius 2 is 1.74 bits per heavy atom. The highest BCUT2D eigenvalue weighted by Crippen LogP contribution is 2.27. The monoisotopic (exact) mass is 507 g/mol. The number of rotatable bonds is 10. The summed E-state index contributed by atoms with van der Waals surface area (Å²) in [5, 5.41) is 6.20. The fourth-order valence-corrected chi connectivity index (χ4v) is 5.55. The van der Waals surface area contributed by atoms with Gasteiger partial charge in [0, 0.05) is 43.9 Å². The van der Waals surface area contributed by atoms with Gasteiger partial charge in [0.05, 0.1) is 4.90 Å². The van der Waals surface area contributed by atoms with E-state index < -0.39 is 16.1 Å². The van der Waals surface area contributed by atoms with Crippen LogP contribution in [0, 0.1) is 5.92 Å². The van der Waals surface area contributed by atoms with Crippen molar-refractivity contribution in [3.63, 3.8) is 0 Å². The molecule has 8 nitrogen and oxygen atoms in total. The van der Waals surface area contributed by atoms with E-state index in [0.29, 0.717) is 43.0 Å². The molecule has 0 unspecified atom stereocenters. The first-order valence-electron chi connectivity index (χ1n) is 11.2. The minimum Gasteiger partial charge on any atom is -0.385 e. The zero-order valence-corrected chi connectivity index (χ0v) is 20.6. The smallest absolute Gasteiger partial charge is 0.251 e. The Kier molecular flexibility index (Phi) is 9.46. The molecule has 0 aromatic heterocycles. The van der Waals surface area contributed by atoms with Crippen LogP contribution in [0.4, 0.5) is 0 Å². The number of halogens is 1. The zero-order chi connectivity index (χ0) is 24.6. The fourth-order valence-electron chi connectivity index (χ4n) is 3.95. The Balaban J connectivity index is 1.69. The van der Waals surface area contributed by atoms with Crippen molar-refractivity contribution in [2.75, 3.05) is 33.4 Å². The molecular formula is C24H30ClN3O5S. The summed E-state index contributed by atoms with van der Waals surface area (Å²) in [6.45, 7) is 1.45. The van der Waals surface area contributed by atoms with E-state index in [1.54, 1.807) is 43.5 Å². The third kappa shape index (κ3) is 6.79. The second-order valence-electron chi connectivity index (χ2n) is 8.15. The van der Waals surface area contributed by atoms with Gasteiger partial charge in [0.1, 0.15) is 6.04 Å². The first-order valence-corrected chi connectivity index (χ1v) is 13.0. The van der Waals surface area contributed by atoms with Crippen LogP contribution in [0.25, 0.3) is 0 Å². The van der Waals surface area contributed by atoms with Crippen molar-refractivity contribution in [1.29, 1.82) is 0 Å². The topological polar surface area (TPSA) is 105 Å². The lowest BCUT2D eigenvalue weighted by molar-refractivity contribution is -0.124. The lowest BCUT2D eigenvalue weighted by atomic mass is 9.89. The zero-order valence-electron chi connectivity index (χ0n) is 19.1. The van der Waals surface area contributed by atoms with Crippen LogP contribution in [-0.4, -0.2) is 63.9 Å². The van der Waals surface area contributed by atoms with E-state index in [0.717, 1.165) is 0 Å². The lowest BCUT2D eigenvalue weighted by Crippen LogP contribution is -2.54. The third-order valence-corrected chi connectivity index (χ3v) is 8.02. The first-order chi connectivity index (χ1) is 16.3. The predicted octanol–water partition coefficient (Wildman–Crippen LogP) is 2.69. The molecule has 3 rings (SSSR count). The number of sulfonamides is 1. The van der Waals surface area contributed by atoms with E-state index >= 15 is 0 Å². The third-order valence-electron chi connectivity index (χ3n) is 5.85. The Morgan fingerprint density at radius 3 is 2.35 bits per heavy atom. The number of ether oxygens (including phenoxy) is 1. The summed E-state index contributed by atoms with van der Waals surface area (Å²) in [4.78, 5) is 26.0. The van der Waals surface area contributed by atoms with E-state index in [9.17, 15) is 18.0 Å². The van der Waals surface area contributed by atoms with E-state index in [2.05, 4.69) is 10.6 Å². The molecule has 1 aliphatic heterocycles. The number of carbonyl (C=O) groups is 2. The van der Waals surface area contributed by atoms with Crippen LogP contribution in [-0.2, 0) is 19.6 Å². The van der Waals surface area contributed by atoms with Crippen LogP contribution in [0.1, 0.15) is 29.6 Å². The highest BCUT2D eigenvalue weighted by molar-refractivity contribution is 7.89. The highest BCUT2D eigenvalue weighted by atomic mass is 35.5. The predicted molar refractivity (Wildman–Crippen MR) is 130 cm³/mol. The molecule has 1 fully saturated rings. The molecule has 1 heterocycles. The molecule has 1 aliphatic rings. The van der Waals surface area contributed by atoms with Crippen LogP contribution >= 0.6 is 11.6 Å². The maximum atomic E-state index is 13.0.